The molecule has 2 aliphatic heterocycles. The minimum absolute atomic E-state index is 0.0210. The molecule has 2 aliphatic rings. The van der Waals surface area contributed by atoms with E-state index in [4.69, 9.17) is 9.47 Å². The van der Waals surface area contributed by atoms with Crippen molar-refractivity contribution < 1.29 is 27.4 Å². The summed E-state index contributed by atoms with van der Waals surface area (Å²) in [6.45, 7) is 7.29. The predicted molar refractivity (Wildman–Crippen MR) is 118 cm³/mol. The number of hydrogen-bond donors (Lipinski definition) is 0. The quantitative estimate of drug-likeness (QED) is 0.637. The van der Waals surface area contributed by atoms with Crippen LogP contribution in [0.25, 0.3) is 0 Å². The van der Waals surface area contributed by atoms with Crippen LogP contribution >= 0.6 is 11.8 Å². The molecule has 0 amide bonds. The number of aryl methyl sites for hydroxylation is 1. The van der Waals surface area contributed by atoms with Crippen LogP contribution in [-0.2, 0) is 6.18 Å². The van der Waals surface area contributed by atoms with Gasteiger partial charge >= 0.3 is 6.18 Å². The number of halogens is 3. The molecule has 2 atom stereocenters. The van der Waals surface area contributed by atoms with Crippen molar-refractivity contribution >= 4 is 11.8 Å². The molecule has 4 rings (SSSR count). The number of nitrogens with zero attached hydrogens (tertiary/aromatic N) is 3. The fraction of sp³-hybridized carbons (Fsp3) is 0.545. The number of rotatable bonds is 4. The van der Waals surface area contributed by atoms with Gasteiger partial charge < -0.3 is 14.2 Å². The standard InChI is InChI=1S/C14H20N2O2S.C8H8F3NO/c1-10(16-6-5-11(9-16)19-2)12-3-4-13-14(15-12)18-8-7-17-13;1-5-3-6(8(9,10)11)12-7(4-5)13-2/h3-4,10-11H,5-9H2,1-2H3;3-4H,1-2H3. The zero-order valence-electron chi connectivity index (χ0n) is 18.6. The van der Waals surface area contributed by atoms with Crippen molar-refractivity contribution in [2.45, 2.75) is 37.7 Å². The molecule has 1 saturated heterocycles. The van der Waals surface area contributed by atoms with Crippen molar-refractivity contribution in [3.8, 4) is 17.5 Å². The summed E-state index contributed by atoms with van der Waals surface area (Å²) in [6, 6.07) is 6.80. The highest BCUT2D eigenvalue weighted by molar-refractivity contribution is 7.99. The second-order valence-electron chi connectivity index (χ2n) is 7.62. The molecule has 0 aliphatic carbocycles. The van der Waals surface area contributed by atoms with E-state index in [0.29, 0.717) is 30.7 Å². The van der Waals surface area contributed by atoms with Crippen molar-refractivity contribution in [2.24, 2.45) is 0 Å². The van der Waals surface area contributed by atoms with Gasteiger partial charge in [-0.15, -0.1) is 0 Å². The van der Waals surface area contributed by atoms with E-state index in [1.54, 1.807) is 6.92 Å². The largest absolute Gasteiger partial charge is 0.484 e. The Hall–Kier alpha value is -2.20. The Bertz CT molecular complexity index is 914. The maximum atomic E-state index is 12.2. The molecule has 1 fully saturated rings. The Morgan fingerprint density at radius 2 is 1.94 bits per heavy atom. The molecule has 2 aromatic rings. The van der Waals surface area contributed by atoms with Gasteiger partial charge in [0.2, 0.25) is 5.88 Å². The predicted octanol–water partition coefficient (Wildman–Crippen LogP) is 4.77. The van der Waals surface area contributed by atoms with Gasteiger partial charge in [-0.1, -0.05) is 0 Å². The summed E-state index contributed by atoms with van der Waals surface area (Å²) in [7, 11) is 1.28. The van der Waals surface area contributed by atoms with Gasteiger partial charge in [0.1, 0.15) is 18.9 Å². The summed E-state index contributed by atoms with van der Waals surface area (Å²) >= 11 is 1.96. The molecule has 32 heavy (non-hydrogen) atoms. The monoisotopic (exact) mass is 471 g/mol. The van der Waals surface area contributed by atoms with Gasteiger partial charge in [-0.25, -0.2) is 9.97 Å². The molecule has 0 N–H and O–H groups in total. The van der Waals surface area contributed by atoms with E-state index in [2.05, 4.69) is 38.9 Å². The fourth-order valence-corrected chi connectivity index (χ4v) is 4.23. The smallest absolute Gasteiger partial charge is 0.433 e. The van der Waals surface area contributed by atoms with Gasteiger partial charge in [-0.2, -0.15) is 24.9 Å². The van der Waals surface area contributed by atoms with Crippen LogP contribution in [0.15, 0.2) is 24.3 Å². The van der Waals surface area contributed by atoms with E-state index in [1.807, 2.05) is 17.8 Å². The number of alkyl halides is 3. The Morgan fingerprint density at radius 3 is 2.59 bits per heavy atom. The van der Waals surface area contributed by atoms with Crippen LogP contribution in [0.2, 0.25) is 0 Å². The Balaban J connectivity index is 0.000000195. The first-order chi connectivity index (χ1) is 15.2. The third kappa shape index (κ3) is 6.19. The first kappa shape index (κ1) is 24.4. The number of hydrogen-bond acceptors (Lipinski definition) is 7. The summed E-state index contributed by atoms with van der Waals surface area (Å²) in [5.41, 5.74) is 0.620. The lowest BCUT2D eigenvalue weighted by molar-refractivity contribution is -0.141. The first-order valence-corrected chi connectivity index (χ1v) is 11.6. The van der Waals surface area contributed by atoms with E-state index in [-0.39, 0.29) is 5.88 Å². The first-order valence-electron chi connectivity index (χ1n) is 10.3. The average molecular weight is 472 g/mol. The lowest BCUT2D eigenvalue weighted by Crippen LogP contribution is -2.26. The summed E-state index contributed by atoms with van der Waals surface area (Å²) < 4.78 is 52.2. The van der Waals surface area contributed by atoms with E-state index >= 15 is 0 Å². The topological polar surface area (TPSA) is 56.7 Å². The molecule has 6 nitrogen and oxygen atoms in total. The van der Waals surface area contributed by atoms with Crippen LogP contribution in [0.4, 0.5) is 13.2 Å². The molecule has 0 bridgehead atoms. The third-order valence-electron chi connectivity index (χ3n) is 5.36. The highest BCUT2D eigenvalue weighted by Gasteiger charge is 2.33. The van der Waals surface area contributed by atoms with Crippen LogP contribution < -0.4 is 14.2 Å². The highest BCUT2D eigenvalue weighted by atomic mass is 32.2. The Labute approximate surface area is 190 Å². The normalized spacial score (nSPS) is 19.2. The van der Waals surface area contributed by atoms with Crippen molar-refractivity contribution in [2.75, 3.05) is 39.7 Å². The molecule has 176 valence electrons. The molecule has 2 unspecified atom stereocenters. The SMILES string of the molecule is COc1cc(C)cc(C(F)(F)F)n1.CSC1CCN(C(C)c2ccc3c(n2)OCCO3)C1. The number of fused-ring (bicyclic) bond motifs is 1. The molecule has 10 heteroatoms. The number of methoxy groups -OCH3 is 1. The molecule has 2 aromatic heterocycles. The van der Waals surface area contributed by atoms with E-state index in [0.717, 1.165) is 35.8 Å². The highest BCUT2D eigenvalue weighted by Crippen LogP contribution is 2.33. The summed E-state index contributed by atoms with van der Waals surface area (Å²) in [5.74, 6) is 1.40. The number of thioether (sulfide) groups is 1. The molecule has 0 spiro atoms. The van der Waals surface area contributed by atoms with Gasteiger partial charge in [0, 0.05) is 23.9 Å². The Morgan fingerprint density at radius 1 is 1.19 bits per heavy atom. The van der Waals surface area contributed by atoms with Crippen molar-refractivity contribution in [3.63, 3.8) is 0 Å². The maximum Gasteiger partial charge on any atom is 0.433 e. The van der Waals surface area contributed by atoms with E-state index in [9.17, 15) is 13.2 Å². The summed E-state index contributed by atoms with van der Waals surface area (Å²) in [5, 5.41) is 0.764. The minimum Gasteiger partial charge on any atom is -0.484 e. The van der Waals surface area contributed by atoms with Crippen LogP contribution in [0.1, 0.15) is 36.3 Å². The van der Waals surface area contributed by atoms with Gasteiger partial charge in [-0.05, 0) is 56.8 Å². The lowest BCUT2D eigenvalue weighted by atomic mass is 10.2. The lowest BCUT2D eigenvalue weighted by Gasteiger charge is -2.25. The zero-order chi connectivity index (χ0) is 23.3. The molecule has 4 heterocycles. The van der Waals surface area contributed by atoms with Gasteiger partial charge in [0.25, 0.3) is 5.88 Å². The van der Waals surface area contributed by atoms with Crippen LogP contribution in [0.3, 0.4) is 0 Å². The molecule has 0 aromatic carbocycles. The van der Waals surface area contributed by atoms with Crippen LogP contribution in [-0.4, -0.2) is 59.8 Å². The van der Waals surface area contributed by atoms with Gasteiger partial charge in [-0.3, -0.25) is 4.90 Å². The molecular weight excluding hydrogens is 443 g/mol. The van der Waals surface area contributed by atoms with Crippen LogP contribution in [0.5, 0.6) is 17.5 Å². The number of aromatic nitrogens is 2. The summed E-state index contributed by atoms with van der Waals surface area (Å²) in [4.78, 5) is 10.4. The Kier molecular flexibility index (Phi) is 8.10. The second-order valence-corrected chi connectivity index (χ2v) is 8.76. The number of ether oxygens (including phenoxy) is 3. The van der Waals surface area contributed by atoms with Gasteiger partial charge in [0.05, 0.1) is 12.8 Å². The fourth-order valence-electron chi connectivity index (χ4n) is 3.55. The number of pyridine rings is 2. The maximum absolute atomic E-state index is 12.2. The van der Waals surface area contributed by atoms with E-state index in [1.165, 1.54) is 19.6 Å². The van der Waals surface area contributed by atoms with E-state index < -0.39 is 11.9 Å². The minimum atomic E-state index is -4.42. The molecule has 0 saturated carbocycles. The van der Waals surface area contributed by atoms with Gasteiger partial charge in [0.15, 0.2) is 5.75 Å². The second kappa shape index (κ2) is 10.6. The average Bonchev–Trinajstić information content (AvgIpc) is 3.27. The summed E-state index contributed by atoms with van der Waals surface area (Å²) in [6.07, 6.45) is -0.948. The van der Waals surface area contributed by atoms with Crippen molar-refractivity contribution in [1.29, 1.82) is 0 Å². The third-order valence-corrected chi connectivity index (χ3v) is 6.41. The van der Waals surface area contributed by atoms with Crippen molar-refractivity contribution in [3.05, 3.63) is 41.2 Å². The van der Waals surface area contributed by atoms with Crippen LogP contribution in [0, 0.1) is 6.92 Å². The zero-order valence-corrected chi connectivity index (χ0v) is 19.4. The molecule has 0 radical (unpaired) electrons. The molecular formula is C22H28F3N3O3S. The van der Waals surface area contributed by atoms with Crippen molar-refractivity contribution in [1.82, 2.24) is 14.9 Å². The number of likely N-dealkylation sites (tertiary alicyclic amines) is 1.